The van der Waals surface area contributed by atoms with Gasteiger partial charge >= 0.3 is 5.97 Å². The quantitative estimate of drug-likeness (QED) is 0.811. The van der Waals surface area contributed by atoms with Crippen LogP contribution in [-0.2, 0) is 14.8 Å². The Hall–Kier alpha value is -0.620. The van der Waals surface area contributed by atoms with E-state index in [1.807, 2.05) is 0 Å². The van der Waals surface area contributed by atoms with Crippen molar-refractivity contribution in [1.82, 2.24) is 4.72 Å². The fourth-order valence-corrected chi connectivity index (χ4v) is 4.35. The molecule has 112 valence electrons. The van der Waals surface area contributed by atoms with Gasteiger partial charge in [-0.1, -0.05) is 40.0 Å². The van der Waals surface area contributed by atoms with Crippen molar-refractivity contribution in [3.63, 3.8) is 0 Å². The minimum Gasteiger partial charge on any atom is -0.480 e. The molecule has 0 heterocycles. The van der Waals surface area contributed by atoms with Crippen molar-refractivity contribution in [3.05, 3.63) is 0 Å². The van der Waals surface area contributed by atoms with Crippen LogP contribution in [0.1, 0.15) is 52.9 Å². The van der Waals surface area contributed by atoms with E-state index < -0.39 is 27.4 Å². The molecule has 0 radical (unpaired) electrons. The SMILES string of the molecule is CC(C)(C)[C@H](NS(=O)(=O)CC1CCCCC1)C(=O)O. The maximum atomic E-state index is 12.1. The van der Waals surface area contributed by atoms with Crippen molar-refractivity contribution in [2.45, 2.75) is 58.9 Å². The van der Waals surface area contributed by atoms with Crippen LogP contribution < -0.4 is 4.72 Å². The highest BCUT2D eigenvalue weighted by atomic mass is 32.2. The van der Waals surface area contributed by atoms with Crippen LogP contribution in [-0.4, -0.2) is 31.3 Å². The predicted molar refractivity (Wildman–Crippen MR) is 74.4 cm³/mol. The lowest BCUT2D eigenvalue weighted by molar-refractivity contribution is -0.141. The van der Waals surface area contributed by atoms with Gasteiger partial charge in [0.25, 0.3) is 0 Å². The normalized spacial score (nSPS) is 20.2. The summed E-state index contributed by atoms with van der Waals surface area (Å²) in [6.07, 6.45) is 5.16. The van der Waals surface area contributed by atoms with Crippen molar-refractivity contribution < 1.29 is 18.3 Å². The smallest absolute Gasteiger partial charge is 0.322 e. The first-order valence-corrected chi connectivity index (χ1v) is 8.50. The van der Waals surface area contributed by atoms with E-state index >= 15 is 0 Å². The van der Waals surface area contributed by atoms with E-state index in [0.29, 0.717) is 0 Å². The Balaban J connectivity index is 2.68. The molecular formula is C13H25NO4S. The highest BCUT2D eigenvalue weighted by molar-refractivity contribution is 7.89. The van der Waals surface area contributed by atoms with Crippen molar-refractivity contribution in [2.75, 3.05) is 5.75 Å². The van der Waals surface area contributed by atoms with Crippen LogP contribution in [0.15, 0.2) is 0 Å². The molecule has 0 amide bonds. The molecular weight excluding hydrogens is 266 g/mol. The Labute approximate surface area is 115 Å². The van der Waals surface area contributed by atoms with Crippen molar-refractivity contribution in [3.8, 4) is 0 Å². The summed E-state index contributed by atoms with van der Waals surface area (Å²) in [6, 6.07) is -1.08. The number of aliphatic carboxylic acids is 1. The molecule has 0 aliphatic heterocycles. The van der Waals surface area contributed by atoms with Gasteiger partial charge in [-0.05, 0) is 24.2 Å². The van der Waals surface area contributed by atoms with Gasteiger partial charge in [-0.3, -0.25) is 4.79 Å². The van der Waals surface area contributed by atoms with Gasteiger partial charge in [-0.2, -0.15) is 0 Å². The van der Waals surface area contributed by atoms with E-state index in [1.165, 1.54) is 6.42 Å². The van der Waals surface area contributed by atoms with Gasteiger partial charge in [0.1, 0.15) is 6.04 Å². The third-order valence-corrected chi connectivity index (χ3v) is 5.10. The first-order valence-electron chi connectivity index (χ1n) is 6.84. The maximum Gasteiger partial charge on any atom is 0.322 e. The molecule has 1 fully saturated rings. The van der Waals surface area contributed by atoms with Gasteiger partial charge in [0.15, 0.2) is 0 Å². The Morgan fingerprint density at radius 3 is 2.21 bits per heavy atom. The van der Waals surface area contributed by atoms with Crippen LogP contribution in [0.3, 0.4) is 0 Å². The molecule has 0 spiro atoms. The molecule has 1 aliphatic carbocycles. The van der Waals surface area contributed by atoms with E-state index in [1.54, 1.807) is 20.8 Å². The summed E-state index contributed by atoms with van der Waals surface area (Å²) in [7, 11) is -3.54. The second-order valence-electron chi connectivity index (χ2n) is 6.54. The van der Waals surface area contributed by atoms with Gasteiger partial charge in [0.05, 0.1) is 5.75 Å². The molecule has 6 heteroatoms. The standard InChI is InChI=1S/C13H25NO4S/c1-13(2,3)11(12(15)16)14-19(17,18)9-10-7-5-4-6-8-10/h10-11,14H,4-9H2,1-3H3,(H,15,16)/t11-/m1/s1. The lowest BCUT2D eigenvalue weighted by Crippen LogP contribution is -2.50. The summed E-state index contributed by atoms with van der Waals surface area (Å²) in [4.78, 5) is 11.2. The fraction of sp³-hybridized carbons (Fsp3) is 0.923. The number of rotatable bonds is 5. The highest BCUT2D eigenvalue weighted by Gasteiger charge is 2.35. The Morgan fingerprint density at radius 2 is 1.79 bits per heavy atom. The van der Waals surface area contributed by atoms with Crippen LogP contribution in [0.5, 0.6) is 0 Å². The van der Waals surface area contributed by atoms with Gasteiger partial charge < -0.3 is 5.11 Å². The molecule has 1 aliphatic rings. The zero-order chi connectivity index (χ0) is 14.7. The molecule has 0 bridgehead atoms. The molecule has 2 N–H and O–H groups in total. The molecule has 19 heavy (non-hydrogen) atoms. The number of carboxylic acid groups (broad SMARTS) is 1. The summed E-state index contributed by atoms with van der Waals surface area (Å²) in [5.74, 6) is -0.910. The molecule has 0 aromatic rings. The number of sulfonamides is 1. The Bertz CT molecular complexity index is 405. The molecule has 1 atom stereocenters. The average Bonchev–Trinajstić information content (AvgIpc) is 2.25. The molecule has 0 aromatic carbocycles. The predicted octanol–water partition coefficient (Wildman–Crippen LogP) is 1.99. The second kappa shape index (κ2) is 6.22. The van der Waals surface area contributed by atoms with Crippen molar-refractivity contribution in [2.24, 2.45) is 11.3 Å². The maximum absolute atomic E-state index is 12.1. The Kier molecular flexibility index (Phi) is 5.38. The first-order chi connectivity index (χ1) is 8.62. The summed E-state index contributed by atoms with van der Waals surface area (Å²) >= 11 is 0. The summed E-state index contributed by atoms with van der Waals surface area (Å²) in [5, 5.41) is 9.15. The van der Waals surface area contributed by atoms with E-state index in [0.717, 1.165) is 25.7 Å². The zero-order valence-electron chi connectivity index (χ0n) is 12.0. The molecule has 0 unspecified atom stereocenters. The van der Waals surface area contributed by atoms with Crippen LogP contribution >= 0.6 is 0 Å². The van der Waals surface area contributed by atoms with Crippen LogP contribution in [0.25, 0.3) is 0 Å². The van der Waals surface area contributed by atoms with Crippen LogP contribution in [0.4, 0.5) is 0 Å². The van der Waals surface area contributed by atoms with E-state index in [4.69, 9.17) is 5.11 Å². The largest absolute Gasteiger partial charge is 0.480 e. The first kappa shape index (κ1) is 16.4. The monoisotopic (exact) mass is 291 g/mol. The molecule has 0 saturated heterocycles. The average molecular weight is 291 g/mol. The Morgan fingerprint density at radius 1 is 1.26 bits per heavy atom. The van der Waals surface area contributed by atoms with Gasteiger partial charge in [0, 0.05) is 0 Å². The van der Waals surface area contributed by atoms with Crippen LogP contribution in [0, 0.1) is 11.3 Å². The summed E-state index contributed by atoms with van der Waals surface area (Å²) in [5.41, 5.74) is -0.647. The number of hydrogen-bond acceptors (Lipinski definition) is 3. The highest BCUT2D eigenvalue weighted by Crippen LogP contribution is 2.26. The minimum atomic E-state index is -3.54. The van der Waals surface area contributed by atoms with E-state index in [9.17, 15) is 13.2 Å². The fourth-order valence-electron chi connectivity index (χ4n) is 2.49. The van der Waals surface area contributed by atoms with Crippen molar-refractivity contribution >= 4 is 16.0 Å². The van der Waals surface area contributed by atoms with E-state index in [-0.39, 0.29) is 11.7 Å². The number of hydrogen-bond donors (Lipinski definition) is 2. The molecule has 1 saturated carbocycles. The third-order valence-electron chi connectivity index (χ3n) is 3.59. The third kappa shape index (κ3) is 5.48. The summed E-state index contributed by atoms with van der Waals surface area (Å²) in [6.45, 7) is 5.15. The molecule has 5 nitrogen and oxygen atoms in total. The van der Waals surface area contributed by atoms with Crippen molar-refractivity contribution in [1.29, 1.82) is 0 Å². The molecule has 0 aromatic heterocycles. The topological polar surface area (TPSA) is 83.5 Å². The number of nitrogens with one attached hydrogen (secondary N) is 1. The lowest BCUT2D eigenvalue weighted by Gasteiger charge is -2.29. The summed E-state index contributed by atoms with van der Waals surface area (Å²) < 4.78 is 26.5. The number of carboxylic acids is 1. The van der Waals surface area contributed by atoms with Crippen LogP contribution in [0.2, 0.25) is 0 Å². The zero-order valence-corrected chi connectivity index (χ0v) is 12.8. The van der Waals surface area contributed by atoms with Gasteiger partial charge in [0.2, 0.25) is 10.0 Å². The minimum absolute atomic E-state index is 0.0485. The number of carbonyl (C=O) groups is 1. The molecule has 1 rings (SSSR count). The van der Waals surface area contributed by atoms with Gasteiger partial charge in [-0.25, -0.2) is 13.1 Å². The lowest BCUT2D eigenvalue weighted by atomic mass is 9.88. The van der Waals surface area contributed by atoms with Gasteiger partial charge in [-0.15, -0.1) is 0 Å². The second-order valence-corrected chi connectivity index (χ2v) is 8.34. The van der Waals surface area contributed by atoms with E-state index in [2.05, 4.69) is 4.72 Å².